The lowest BCUT2D eigenvalue weighted by molar-refractivity contribution is 0.0188. The highest BCUT2D eigenvalue weighted by Gasteiger charge is 2.25. The fourth-order valence-electron chi connectivity index (χ4n) is 2.14. The maximum atomic E-state index is 6.07. The smallest absolute Gasteiger partial charge is 0.139 e. The fourth-order valence-corrected chi connectivity index (χ4v) is 2.48. The standard InChI is InChI=1S/C14H19Cl2NO2/c1-2-17-8-10-6-7-11(19-10)9-18-13-5-3-4-12(15)14(13)16/h3-5,10-11,17H,2,6-9H2,1H3. The van der Waals surface area contributed by atoms with E-state index >= 15 is 0 Å². The lowest BCUT2D eigenvalue weighted by Crippen LogP contribution is -2.28. The van der Waals surface area contributed by atoms with Crippen LogP contribution in [0, 0.1) is 0 Å². The Balaban J connectivity index is 1.79. The Morgan fingerprint density at radius 2 is 2.11 bits per heavy atom. The molecule has 2 atom stereocenters. The summed E-state index contributed by atoms with van der Waals surface area (Å²) < 4.78 is 11.6. The summed E-state index contributed by atoms with van der Waals surface area (Å²) in [6.07, 6.45) is 2.53. The summed E-state index contributed by atoms with van der Waals surface area (Å²) >= 11 is 12.0. The monoisotopic (exact) mass is 303 g/mol. The maximum Gasteiger partial charge on any atom is 0.139 e. The molecule has 1 N–H and O–H groups in total. The molecule has 0 aromatic heterocycles. The van der Waals surface area contributed by atoms with Gasteiger partial charge >= 0.3 is 0 Å². The molecule has 0 spiro atoms. The summed E-state index contributed by atoms with van der Waals surface area (Å²) in [5, 5.41) is 4.27. The van der Waals surface area contributed by atoms with Gasteiger partial charge in [-0.1, -0.05) is 36.2 Å². The van der Waals surface area contributed by atoms with Crippen molar-refractivity contribution >= 4 is 23.2 Å². The van der Waals surface area contributed by atoms with Crippen LogP contribution in [0.4, 0.5) is 0 Å². The third-order valence-electron chi connectivity index (χ3n) is 3.16. The zero-order chi connectivity index (χ0) is 13.7. The molecular formula is C14H19Cl2NO2. The van der Waals surface area contributed by atoms with E-state index in [-0.39, 0.29) is 6.10 Å². The van der Waals surface area contributed by atoms with E-state index in [9.17, 15) is 0 Å². The van der Waals surface area contributed by atoms with Crippen molar-refractivity contribution < 1.29 is 9.47 Å². The van der Waals surface area contributed by atoms with Crippen molar-refractivity contribution in [3.63, 3.8) is 0 Å². The van der Waals surface area contributed by atoms with Crippen LogP contribution in [0.3, 0.4) is 0 Å². The van der Waals surface area contributed by atoms with Gasteiger partial charge in [0.05, 0.1) is 17.2 Å². The molecule has 19 heavy (non-hydrogen) atoms. The molecule has 1 aliphatic rings. The minimum atomic E-state index is 0.138. The molecule has 0 radical (unpaired) electrons. The highest BCUT2D eigenvalue weighted by Crippen LogP contribution is 2.32. The van der Waals surface area contributed by atoms with Crippen molar-refractivity contribution in [1.29, 1.82) is 0 Å². The van der Waals surface area contributed by atoms with Crippen LogP contribution in [0.1, 0.15) is 19.8 Å². The van der Waals surface area contributed by atoms with Gasteiger partial charge in [0.25, 0.3) is 0 Å². The second-order valence-corrected chi connectivity index (χ2v) is 5.41. The van der Waals surface area contributed by atoms with Crippen molar-refractivity contribution in [1.82, 2.24) is 5.32 Å². The van der Waals surface area contributed by atoms with E-state index in [1.165, 1.54) is 0 Å². The van der Waals surface area contributed by atoms with Crippen LogP contribution in [0.2, 0.25) is 10.0 Å². The van der Waals surface area contributed by atoms with E-state index in [2.05, 4.69) is 12.2 Å². The number of halogens is 2. The van der Waals surface area contributed by atoms with E-state index in [1.54, 1.807) is 6.07 Å². The molecule has 3 nitrogen and oxygen atoms in total. The predicted molar refractivity (Wildman–Crippen MR) is 78.4 cm³/mol. The molecule has 5 heteroatoms. The Bertz CT molecular complexity index is 414. The topological polar surface area (TPSA) is 30.5 Å². The number of likely N-dealkylation sites (N-methyl/N-ethyl adjacent to an activating group) is 1. The van der Waals surface area contributed by atoms with E-state index in [0.29, 0.717) is 28.5 Å². The minimum absolute atomic E-state index is 0.138. The molecule has 1 heterocycles. The molecule has 0 bridgehead atoms. The van der Waals surface area contributed by atoms with E-state index in [0.717, 1.165) is 25.9 Å². The van der Waals surface area contributed by atoms with Crippen LogP contribution >= 0.6 is 23.2 Å². The molecular weight excluding hydrogens is 285 g/mol. The lowest BCUT2D eigenvalue weighted by Gasteiger charge is -2.15. The molecule has 0 aliphatic carbocycles. The highest BCUT2D eigenvalue weighted by atomic mass is 35.5. The fraction of sp³-hybridized carbons (Fsp3) is 0.571. The van der Waals surface area contributed by atoms with Crippen molar-refractivity contribution in [3.8, 4) is 5.75 Å². The van der Waals surface area contributed by atoms with Gasteiger partial charge in [-0.15, -0.1) is 0 Å². The number of nitrogens with one attached hydrogen (secondary N) is 1. The summed E-state index contributed by atoms with van der Waals surface area (Å²) in [6.45, 7) is 4.49. The normalized spacial score (nSPS) is 22.7. The average Bonchev–Trinajstić information content (AvgIpc) is 2.86. The van der Waals surface area contributed by atoms with Crippen LogP contribution in [-0.2, 0) is 4.74 Å². The number of rotatable bonds is 6. The largest absolute Gasteiger partial charge is 0.489 e. The quantitative estimate of drug-likeness (QED) is 0.872. The van der Waals surface area contributed by atoms with E-state index in [4.69, 9.17) is 32.7 Å². The maximum absolute atomic E-state index is 6.07. The van der Waals surface area contributed by atoms with Gasteiger partial charge in [-0.25, -0.2) is 0 Å². The first-order chi connectivity index (χ1) is 9.20. The first-order valence-electron chi connectivity index (χ1n) is 6.63. The van der Waals surface area contributed by atoms with Gasteiger partial charge in [-0.05, 0) is 31.5 Å². The molecule has 1 aliphatic heterocycles. The van der Waals surface area contributed by atoms with Crippen LogP contribution in [0.25, 0.3) is 0 Å². The third kappa shape index (κ3) is 4.25. The SMILES string of the molecule is CCNCC1CCC(COc2cccc(Cl)c2Cl)O1. The van der Waals surface area contributed by atoms with E-state index < -0.39 is 0 Å². The summed E-state index contributed by atoms with van der Waals surface area (Å²) in [5.74, 6) is 0.618. The molecule has 1 fully saturated rings. The van der Waals surface area contributed by atoms with Gasteiger partial charge < -0.3 is 14.8 Å². The number of hydrogen-bond donors (Lipinski definition) is 1. The summed E-state index contributed by atoms with van der Waals surface area (Å²) in [7, 11) is 0. The number of ether oxygens (including phenoxy) is 2. The van der Waals surface area contributed by atoms with Crippen molar-refractivity contribution in [3.05, 3.63) is 28.2 Å². The molecule has 106 valence electrons. The lowest BCUT2D eigenvalue weighted by atomic mass is 10.2. The van der Waals surface area contributed by atoms with Gasteiger partial charge in [-0.3, -0.25) is 0 Å². The molecule has 0 saturated carbocycles. The molecule has 0 amide bonds. The summed E-state index contributed by atoms with van der Waals surface area (Å²) in [5.41, 5.74) is 0. The molecule has 1 aromatic carbocycles. The minimum Gasteiger partial charge on any atom is -0.489 e. The van der Waals surface area contributed by atoms with Crippen LogP contribution in [0.15, 0.2) is 18.2 Å². The zero-order valence-corrected chi connectivity index (χ0v) is 12.5. The highest BCUT2D eigenvalue weighted by molar-refractivity contribution is 6.42. The van der Waals surface area contributed by atoms with Crippen molar-refractivity contribution in [2.45, 2.75) is 32.0 Å². The summed E-state index contributed by atoms with van der Waals surface area (Å²) in [4.78, 5) is 0. The Morgan fingerprint density at radius 1 is 1.32 bits per heavy atom. The predicted octanol–water partition coefficient (Wildman–Crippen LogP) is 3.53. The average molecular weight is 304 g/mol. The van der Waals surface area contributed by atoms with Gasteiger partial charge in [-0.2, -0.15) is 0 Å². The van der Waals surface area contributed by atoms with E-state index in [1.807, 2.05) is 12.1 Å². The van der Waals surface area contributed by atoms with Gasteiger partial charge in [0.1, 0.15) is 17.4 Å². The second-order valence-electron chi connectivity index (χ2n) is 4.63. The Morgan fingerprint density at radius 3 is 2.89 bits per heavy atom. The zero-order valence-electron chi connectivity index (χ0n) is 11.0. The molecule has 2 unspecified atom stereocenters. The molecule has 2 rings (SSSR count). The van der Waals surface area contributed by atoms with Crippen LogP contribution in [0.5, 0.6) is 5.75 Å². The second kappa shape index (κ2) is 7.34. The Hall–Kier alpha value is -0.480. The number of benzene rings is 1. The van der Waals surface area contributed by atoms with Gasteiger partial charge in [0.15, 0.2) is 0 Å². The first kappa shape index (κ1) is 14.9. The molecule has 1 saturated heterocycles. The summed E-state index contributed by atoms with van der Waals surface area (Å²) in [6, 6.07) is 5.39. The molecule has 1 aromatic rings. The van der Waals surface area contributed by atoms with Crippen molar-refractivity contribution in [2.24, 2.45) is 0 Å². The van der Waals surface area contributed by atoms with Crippen molar-refractivity contribution in [2.75, 3.05) is 19.7 Å². The van der Waals surface area contributed by atoms with Gasteiger partial charge in [0.2, 0.25) is 0 Å². The number of hydrogen-bond acceptors (Lipinski definition) is 3. The Kier molecular flexibility index (Phi) is 5.76. The van der Waals surface area contributed by atoms with Gasteiger partial charge in [0, 0.05) is 6.54 Å². The van der Waals surface area contributed by atoms with Crippen LogP contribution in [-0.4, -0.2) is 31.9 Å². The third-order valence-corrected chi connectivity index (χ3v) is 3.96. The van der Waals surface area contributed by atoms with Crippen LogP contribution < -0.4 is 10.1 Å². The Labute approximate surface area is 124 Å². The first-order valence-corrected chi connectivity index (χ1v) is 7.39.